The SMILES string of the molecule is Cn1cccc1CN(Cc1ccccc1)C(=O)CN(C(=O)Nc1c(Cl)cccc1Cl)C1CC1. The minimum Gasteiger partial charge on any atom is -0.353 e. The summed E-state index contributed by atoms with van der Waals surface area (Å²) in [5.74, 6) is -0.118. The first kappa shape index (κ1) is 23.2. The van der Waals surface area contributed by atoms with Crippen LogP contribution >= 0.6 is 23.2 Å². The highest BCUT2D eigenvalue weighted by Gasteiger charge is 2.35. The first-order valence-corrected chi connectivity index (χ1v) is 11.6. The van der Waals surface area contributed by atoms with Gasteiger partial charge in [0.25, 0.3) is 0 Å². The Labute approximate surface area is 203 Å². The van der Waals surface area contributed by atoms with Crippen LogP contribution in [0.1, 0.15) is 24.1 Å². The van der Waals surface area contributed by atoms with E-state index in [0.29, 0.717) is 28.8 Å². The molecule has 0 bridgehead atoms. The van der Waals surface area contributed by atoms with Crippen molar-refractivity contribution in [3.63, 3.8) is 0 Å². The summed E-state index contributed by atoms with van der Waals surface area (Å²) in [5, 5.41) is 3.50. The fraction of sp³-hybridized carbons (Fsp3) is 0.280. The Morgan fingerprint density at radius 2 is 1.67 bits per heavy atom. The van der Waals surface area contributed by atoms with E-state index >= 15 is 0 Å². The monoisotopic (exact) mass is 484 g/mol. The van der Waals surface area contributed by atoms with Crippen molar-refractivity contribution in [1.82, 2.24) is 14.4 Å². The van der Waals surface area contributed by atoms with Crippen molar-refractivity contribution in [2.24, 2.45) is 7.05 Å². The summed E-state index contributed by atoms with van der Waals surface area (Å²) in [6.45, 7) is 0.894. The van der Waals surface area contributed by atoms with Gasteiger partial charge in [0.2, 0.25) is 5.91 Å². The van der Waals surface area contributed by atoms with E-state index in [-0.39, 0.29) is 24.5 Å². The van der Waals surface area contributed by atoms with Crippen LogP contribution in [-0.2, 0) is 24.9 Å². The number of amides is 3. The summed E-state index contributed by atoms with van der Waals surface area (Å²) < 4.78 is 2.00. The van der Waals surface area contributed by atoms with Crippen LogP contribution in [0.15, 0.2) is 66.9 Å². The van der Waals surface area contributed by atoms with Crippen LogP contribution in [-0.4, -0.2) is 38.9 Å². The van der Waals surface area contributed by atoms with Gasteiger partial charge in [-0.05, 0) is 42.7 Å². The van der Waals surface area contributed by atoms with Gasteiger partial charge in [0.05, 0.1) is 22.3 Å². The van der Waals surface area contributed by atoms with Gasteiger partial charge in [-0.1, -0.05) is 59.6 Å². The number of hydrogen-bond donors (Lipinski definition) is 1. The highest BCUT2D eigenvalue weighted by molar-refractivity contribution is 6.39. The van der Waals surface area contributed by atoms with Gasteiger partial charge in [0.1, 0.15) is 6.54 Å². The third-order valence-corrected chi connectivity index (χ3v) is 6.35. The van der Waals surface area contributed by atoms with Crippen molar-refractivity contribution < 1.29 is 9.59 Å². The molecule has 0 aliphatic heterocycles. The number of hydrogen-bond acceptors (Lipinski definition) is 2. The number of benzene rings is 2. The van der Waals surface area contributed by atoms with Gasteiger partial charge in [-0.3, -0.25) is 4.79 Å². The average molecular weight is 485 g/mol. The summed E-state index contributed by atoms with van der Waals surface area (Å²) in [6, 6.07) is 18.5. The molecule has 1 aromatic heterocycles. The van der Waals surface area contributed by atoms with Gasteiger partial charge in [-0.15, -0.1) is 0 Å². The van der Waals surface area contributed by atoms with E-state index in [2.05, 4.69) is 5.32 Å². The molecular formula is C25H26Cl2N4O2. The third-order valence-electron chi connectivity index (χ3n) is 5.72. The number of urea groups is 1. The Morgan fingerprint density at radius 1 is 0.970 bits per heavy atom. The Hall–Kier alpha value is -2.96. The zero-order valence-corrected chi connectivity index (χ0v) is 19.9. The highest BCUT2D eigenvalue weighted by Crippen LogP contribution is 2.32. The first-order chi connectivity index (χ1) is 15.9. The zero-order valence-electron chi connectivity index (χ0n) is 18.4. The quantitative estimate of drug-likeness (QED) is 0.455. The second-order valence-corrected chi connectivity index (χ2v) is 9.05. The number of aromatic nitrogens is 1. The number of para-hydroxylation sites is 1. The molecule has 0 spiro atoms. The molecule has 1 aliphatic carbocycles. The Bertz CT molecular complexity index is 1110. The van der Waals surface area contributed by atoms with Crippen LogP contribution in [0.5, 0.6) is 0 Å². The van der Waals surface area contributed by atoms with E-state index in [0.717, 1.165) is 24.1 Å². The van der Waals surface area contributed by atoms with Crippen LogP contribution in [0, 0.1) is 0 Å². The molecule has 1 heterocycles. The van der Waals surface area contributed by atoms with E-state index in [4.69, 9.17) is 23.2 Å². The van der Waals surface area contributed by atoms with E-state index in [1.165, 1.54) is 0 Å². The lowest BCUT2D eigenvalue weighted by molar-refractivity contribution is -0.133. The normalized spacial score (nSPS) is 12.9. The summed E-state index contributed by atoms with van der Waals surface area (Å²) in [4.78, 5) is 29.9. The number of carbonyl (C=O) groups excluding carboxylic acids is 2. The molecule has 4 rings (SSSR count). The number of aryl methyl sites for hydroxylation is 1. The molecule has 0 unspecified atom stereocenters. The molecule has 0 atom stereocenters. The maximum atomic E-state index is 13.5. The van der Waals surface area contributed by atoms with E-state index < -0.39 is 0 Å². The van der Waals surface area contributed by atoms with Gasteiger partial charge >= 0.3 is 6.03 Å². The Kier molecular flexibility index (Phi) is 7.26. The largest absolute Gasteiger partial charge is 0.353 e. The number of nitrogens with one attached hydrogen (secondary N) is 1. The Morgan fingerprint density at radius 3 is 2.27 bits per heavy atom. The minimum atomic E-state index is -0.376. The van der Waals surface area contributed by atoms with Crippen molar-refractivity contribution in [1.29, 1.82) is 0 Å². The van der Waals surface area contributed by atoms with Crippen LogP contribution in [0.25, 0.3) is 0 Å². The van der Waals surface area contributed by atoms with Gasteiger partial charge in [0, 0.05) is 31.5 Å². The molecule has 3 aromatic rings. The fourth-order valence-electron chi connectivity index (χ4n) is 3.69. The number of halogens is 2. The molecular weight excluding hydrogens is 459 g/mol. The second-order valence-electron chi connectivity index (χ2n) is 8.23. The van der Waals surface area contributed by atoms with Crippen molar-refractivity contribution in [2.75, 3.05) is 11.9 Å². The van der Waals surface area contributed by atoms with Crippen LogP contribution in [0.3, 0.4) is 0 Å². The number of anilines is 1. The molecule has 1 saturated carbocycles. The topological polar surface area (TPSA) is 57.6 Å². The van der Waals surface area contributed by atoms with Gasteiger partial charge in [0.15, 0.2) is 0 Å². The summed E-state index contributed by atoms with van der Waals surface area (Å²) >= 11 is 12.4. The second kappa shape index (κ2) is 10.3. The van der Waals surface area contributed by atoms with Crippen molar-refractivity contribution in [3.8, 4) is 0 Å². The van der Waals surface area contributed by atoms with Crippen molar-refractivity contribution >= 4 is 40.8 Å². The summed E-state index contributed by atoms with van der Waals surface area (Å²) in [6.07, 6.45) is 3.69. The first-order valence-electron chi connectivity index (χ1n) is 10.9. The standard InChI is InChI=1S/C25H26Cl2N4O2/c1-29-14-6-9-20(29)16-30(15-18-7-3-2-4-8-18)23(32)17-31(19-12-13-19)25(33)28-24-21(26)10-5-11-22(24)27/h2-11,14,19H,12-13,15-17H2,1H3,(H,28,33). The molecule has 172 valence electrons. The van der Waals surface area contributed by atoms with E-state index in [9.17, 15) is 9.59 Å². The molecule has 3 amide bonds. The number of rotatable bonds is 8. The van der Waals surface area contributed by atoms with Crippen LogP contribution in [0.4, 0.5) is 10.5 Å². The van der Waals surface area contributed by atoms with E-state index in [1.807, 2.05) is 60.3 Å². The number of nitrogens with zero attached hydrogens (tertiary/aromatic N) is 3. The number of carbonyl (C=O) groups is 2. The van der Waals surface area contributed by atoms with E-state index in [1.54, 1.807) is 28.0 Å². The van der Waals surface area contributed by atoms with Gasteiger partial charge < -0.3 is 19.7 Å². The molecule has 2 aromatic carbocycles. The Balaban J connectivity index is 1.51. The smallest absolute Gasteiger partial charge is 0.322 e. The molecule has 8 heteroatoms. The summed E-state index contributed by atoms with van der Waals surface area (Å²) in [5.41, 5.74) is 2.41. The maximum Gasteiger partial charge on any atom is 0.322 e. The molecule has 1 N–H and O–H groups in total. The maximum absolute atomic E-state index is 13.5. The van der Waals surface area contributed by atoms with Crippen LogP contribution in [0.2, 0.25) is 10.0 Å². The lowest BCUT2D eigenvalue weighted by Gasteiger charge is -2.28. The summed E-state index contributed by atoms with van der Waals surface area (Å²) in [7, 11) is 1.96. The zero-order chi connectivity index (χ0) is 23.4. The molecule has 0 saturated heterocycles. The predicted octanol–water partition coefficient (Wildman–Crippen LogP) is 5.56. The van der Waals surface area contributed by atoms with Crippen LogP contribution < -0.4 is 5.32 Å². The molecule has 0 radical (unpaired) electrons. The fourth-order valence-corrected chi connectivity index (χ4v) is 4.18. The lowest BCUT2D eigenvalue weighted by atomic mass is 10.2. The average Bonchev–Trinajstić information content (AvgIpc) is 3.56. The highest BCUT2D eigenvalue weighted by atomic mass is 35.5. The van der Waals surface area contributed by atoms with Crippen molar-refractivity contribution in [2.45, 2.75) is 32.0 Å². The predicted molar refractivity (Wildman–Crippen MR) is 131 cm³/mol. The molecule has 1 fully saturated rings. The molecule has 6 nitrogen and oxygen atoms in total. The van der Waals surface area contributed by atoms with Gasteiger partial charge in [-0.25, -0.2) is 4.79 Å². The third kappa shape index (κ3) is 5.89. The van der Waals surface area contributed by atoms with Gasteiger partial charge in [-0.2, -0.15) is 0 Å². The van der Waals surface area contributed by atoms with Crippen molar-refractivity contribution in [3.05, 3.63) is 88.2 Å². The molecule has 1 aliphatic rings. The lowest BCUT2D eigenvalue weighted by Crippen LogP contribution is -2.45. The minimum absolute atomic E-state index is 0.0180. The molecule has 33 heavy (non-hydrogen) atoms.